The van der Waals surface area contributed by atoms with E-state index in [0.29, 0.717) is 17.4 Å². The molecule has 1 N–H and O–H groups in total. The Hall–Kier alpha value is -2.44. The van der Waals surface area contributed by atoms with E-state index < -0.39 is 0 Å². The lowest BCUT2D eigenvalue weighted by atomic mass is 9.77. The summed E-state index contributed by atoms with van der Waals surface area (Å²) in [5.41, 5.74) is 2.01. The van der Waals surface area contributed by atoms with Crippen molar-refractivity contribution in [3.8, 4) is 0 Å². The van der Waals surface area contributed by atoms with Crippen molar-refractivity contribution in [2.45, 2.75) is 18.4 Å². The standard InChI is InChI=1S/C19H15ClN4OS/c20-13-5-3-11(4-6-13)12-8-14-17(15(25)9-12)18(16-2-1-7-26-16)24-19(23-14)21-10-22-24/h1-8,10,12,17-18H,9H2,(H,21,22,23)/t12-,17+,18+/m0/s1. The Labute approximate surface area is 159 Å². The fourth-order valence-electron chi connectivity index (χ4n) is 3.84. The maximum absolute atomic E-state index is 13.2. The first-order valence-corrected chi connectivity index (χ1v) is 9.66. The third-order valence-electron chi connectivity index (χ3n) is 5.03. The van der Waals surface area contributed by atoms with Gasteiger partial charge in [-0.3, -0.25) is 4.79 Å². The summed E-state index contributed by atoms with van der Waals surface area (Å²) in [5, 5.41) is 10.4. The molecule has 26 heavy (non-hydrogen) atoms. The lowest BCUT2D eigenvalue weighted by molar-refractivity contribution is -0.123. The Morgan fingerprint density at radius 2 is 2.08 bits per heavy atom. The Morgan fingerprint density at radius 3 is 2.85 bits per heavy atom. The smallest absolute Gasteiger partial charge is 0.226 e. The molecule has 2 aliphatic rings. The minimum absolute atomic E-state index is 0.0389. The zero-order valence-electron chi connectivity index (χ0n) is 13.7. The van der Waals surface area contributed by atoms with E-state index in [2.05, 4.69) is 27.5 Å². The fraction of sp³-hybridized carbons (Fsp3) is 0.211. The highest BCUT2D eigenvalue weighted by Gasteiger charge is 2.43. The minimum Gasteiger partial charge on any atom is -0.328 e. The van der Waals surface area contributed by atoms with E-state index >= 15 is 0 Å². The quantitative estimate of drug-likeness (QED) is 0.719. The van der Waals surface area contributed by atoms with Gasteiger partial charge in [0, 0.05) is 27.9 Å². The van der Waals surface area contributed by atoms with Crippen molar-refractivity contribution in [2.75, 3.05) is 5.32 Å². The van der Waals surface area contributed by atoms with Crippen LogP contribution in [0.25, 0.3) is 0 Å². The number of halogens is 1. The second-order valence-electron chi connectivity index (χ2n) is 6.54. The minimum atomic E-state index is -0.258. The van der Waals surface area contributed by atoms with Crippen LogP contribution in [-0.2, 0) is 4.79 Å². The third kappa shape index (κ3) is 2.48. The van der Waals surface area contributed by atoms with Gasteiger partial charge in [-0.25, -0.2) is 4.68 Å². The molecular formula is C19H15ClN4OS. The molecule has 130 valence electrons. The second-order valence-corrected chi connectivity index (χ2v) is 7.96. The number of carbonyl (C=O) groups is 1. The number of nitrogens with one attached hydrogen (secondary N) is 1. The Morgan fingerprint density at radius 1 is 1.23 bits per heavy atom. The Kier molecular flexibility index (Phi) is 3.69. The number of ketones is 1. The topological polar surface area (TPSA) is 59.8 Å². The number of hydrogen-bond acceptors (Lipinski definition) is 5. The van der Waals surface area contributed by atoms with Gasteiger partial charge in [-0.05, 0) is 29.1 Å². The number of allylic oxidation sites excluding steroid dienone is 2. The number of aromatic nitrogens is 3. The molecule has 0 saturated carbocycles. The fourth-order valence-corrected chi connectivity index (χ4v) is 4.82. The predicted octanol–water partition coefficient (Wildman–Crippen LogP) is 4.26. The maximum atomic E-state index is 13.2. The van der Waals surface area contributed by atoms with Crippen molar-refractivity contribution in [3.05, 3.63) is 75.3 Å². The molecule has 3 atom stereocenters. The van der Waals surface area contributed by atoms with Gasteiger partial charge in [0.1, 0.15) is 18.2 Å². The van der Waals surface area contributed by atoms with Crippen LogP contribution in [0.4, 0.5) is 5.95 Å². The molecule has 1 aliphatic heterocycles. The van der Waals surface area contributed by atoms with Crippen LogP contribution in [-0.4, -0.2) is 20.5 Å². The largest absolute Gasteiger partial charge is 0.328 e. The molecule has 1 aromatic carbocycles. The lowest BCUT2D eigenvalue weighted by Gasteiger charge is -2.37. The molecule has 0 bridgehead atoms. The van der Waals surface area contributed by atoms with Crippen LogP contribution in [0.15, 0.2) is 59.9 Å². The van der Waals surface area contributed by atoms with Gasteiger partial charge >= 0.3 is 0 Å². The number of benzene rings is 1. The lowest BCUT2D eigenvalue weighted by Crippen LogP contribution is -2.39. The summed E-state index contributed by atoms with van der Waals surface area (Å²) in [5.74, 6) is 0.674. The average molecular weight is 383 g/mol. The van der Waals surface area contributed by atoms with E-state index in [0.717, 1.165) is 16.1 Å². The van der Waals surface area contributed by atoms with Crippen LogP contribution in [0.5, 0.6) is 0 Å². The normalized spacial score (nSPS) is 24.4. The molecule has 1 aliphatic carbocycles. The molecule has 7 heteroatoms. The summed E-state index contributed by atoms with van der Waals surface area (Å²) < 4.78 is 1.83. The number of nitrogens with zero attached hydrogens (tertiary/aromatic N) is 3. The summed E-state index contributed by atoms with van der Waals surface area (Å²) in [4.78, 5) is 18.6. The number of thiophene rings is 1. The first-order chi connectivity index (χ1) is 12.7. The molecule has 0 unspecified atom stereocenters. The van der Waals surface area contributed by atoms with Gasteiger partial charge in [0.05, 0.1) is 5.92 Å². The number of Topliss-reactive ketones (excluding diaryl/α,β-unsaturated/α-hetero) is 1. The molecule has 0 spiro atoms. The van der Waals surface area contributed by atoms with Gasteiger partial charge in [-0.15, -0.1) is 11.3 Å². The molecule has 3 aromatic rings. The van der Waals surface area contributed by atoms with Crippen LogP contribution >= 0.6 is 22.9 Å². The number of carbonyl (C=O) groups excluding carboxylic acids is 1. The van der Waals surface area contributed by atoms with E-state index in [1.807, 2.05) is 40.4 Å². The van der Waals surface area contributed by atoms with Crippen molar-refractivity contribution >= 4 is 34.7 Å². The van der Waals surface area contributed by atoms with Gasteiger partial charge < -0.3 is 5.32 Å². The molecule has 0 amide bonds. The number of anilines is 1. The van der Waals surface area contributed by atoms with Crippen molar-refractivity contribution in [2.24, 2.45) is 5.92 Å². The molecule has 5 rings (SSSR count). The van der Waals surface area contributed by atoms with E-state index in [-0.39, 0.29) is 23.7 Å². The summed E-state index contributed by atoms with van der Waals surface area (Å²) in [7, 11) is 0. The highest BCUT2D eigenvalue weighted by molar-refractivity contribution is 7.10. The van der Waals surface area contributed by atoms with E-state index in [9.17, 15) is 4.79 Å². The highest BCUT2D eigenvalue weighted by atomic mass is 35.5. The van der Waals surface area contributed by atoms with Crippen molar-refractivity contribution in [3.63, 3.8) is 0 Å². The second kappa shape index (κ2) is 6.07. The Balaban J connectivity index is 1.60. The van der Waals surface area contributed by atoms with Crippen LogP contribution in [0.2, 0.25) is 5.02 Å². The number of rotatable bonds is 2. The van der Waals surface area contributed by atoms with Gasteiger partial charge in [-0.2, -0.15) is 10.1 Å². The van der Waals surface area contributed by atoms with E-state index in [4.69, 9.17) is 11.6 Å². The number of hydrogen-bond donors (Lipinski definition) is 1. The van der Waals surface area contributed by atoms with Crippen molar-refractivity contribution in [1.29, 1.82) is 0 Å². The van der Waals surface area contributed by atoms with Crippen LogP contribution in [0, 0.1) is 5.92 Å². The van der Waals surface area contributed by atoms with Crippen LogP contribution < -0.4 is 5.32 Å². The van der Waals surface area contributed by atoms with Gasteiger partial charge in [0.25, 0.3) is 0 Å². The molecule has 0 saturated heterocycles. The molecule has 3 heterocycles. The van der Waals surface area contributed by atoms with Crippen LogP contribution in [0.1, 0.15) is 28.8 Å². The molecule has 5 nitrogen and oxygen atoms in total. The SMILES string of the molecule is O=C1C[C@@H](c2ccc(Cl)cc2)C=C2Nc3ncnn3[C@H](c3cccs3)[C@@H]12. The summed E-state index contributed by atoms with van der Waals surface area (Å²) in [6, 6.07) is 11.6. The maximum Gasteiger partial charge on any atom is 0.226 e. The Bertz CT molecular complexity index is 993. The summed E-state index contributed by atoms with van der Waals surface area (Å²) in [6.07, 6.45) is 4.17. The van der Waals surface area contributed by atoms with Gasteiger partial charge in [0.15, 0.2) is 0 Å². The monoisotopic (exact) mass is 382 g/mol. The molecular weight excluding hydrogens is 368 g/mol. The zero-order chi connectivity index (χ0) is 17.7. The summed E-state index contributed by atoms with van der Waals surface area (Å²) in [6.45, 7) is 0. The molecule has 0 radical (unpaired) electrons. The van der Waals surface area contributed by atoms with Crippen molar-refractivity contribution in [1.82, 2.24) is 14.8 Å². The number of fused-ring (bicyclic) bond motifs is 2. The first kappa shape index (κ1) is 15.8. The van der Waals surface area contributed by atoms with Crippen molar-refractivity contribution < 1.29 is 4.79 Å². The van der Waals surface area contributed by atoms with Crippen LogP contribution in [0.3, 0.4) is 0 Å². The summed E-state index contributed by atoms with van der Waals surface area (Å²) >= 11 is 7.64. The zero-order valence-corrected chi connectivity index (χ0v) is 15.2. The molecule has 2 aromatic heterocycles. The van der Waals surface area contributed by atoms with Gasteiger partial charge in [-0.1, -0.05) is 35.9 Å². The molecule has 0 fully saturated rings. The third-order valence-corrected chi connectivity index (χ3v) is 6.22. The average Bonchev–Trinajstić information content (AvgIpc) is 3.32. The predicted molar refractivity (Wildman–Crippen MR) is 101 cm³/mol. The van der Waals surface area contributed by atoms with E-state index in [1.54, 1.807) is 11.3 Å². The highest BCUT2D eigenvalue weighted by Crippen LogP contribution is 2.44. The van der Waals surface area contributed by atoms with Gasteiger partial charge in [0.2, 0.25) is 5.95 Å². The van der Waals surface area contributed by atoms with E-state index in [1.165, 1.54) is 6.33 Å². The first-order valence-electron chi connectivity index (χ1n) is 8.40.